The summed E-state index contributed by atoms with van der Waals surface area (Å²) in [7, 11) is 0. The molecule has 100 valence electrons. The molecule has 0 aromatic carbocycles. The van der Waals surface area contributed by atoms with Gasteiger partial charge in [0.25, 0.3) is 0 Å². The van der Waals surface area contributed by atoms with Crippen LogP contribution in [0.4, 0.5) is 0 Å². The van der Waals surface area contributed by atoms with Crippen LogP contribution in [0.15, 0.2) is 0 Å². The zero-order chi connectivity index (χ0) is 12.9. The summed E-state index contributed by atoms with van der Waals surface area (Å²) < 4.78 is 0. The van der Waals surface area contributed by atoms with E-state index >= 15 is 0 Å². The first kappa shape index (κ1) is 12.2. The van der Waals surface area contributed by atoms with Crippen LogP contribution in [-0.4, -0.2) is 16.2 Å². The number of nitrogens with one attached hydrogen (secondary N) is 2. The molecule has 2 saturated carbocycles. The van der Waals surface area contributed by atoms with Gasteiger partial charge in [-0.25, -0.2) is 0 Å². The summed E-state index contributed by atoms with van der Waals surface area (Å²) in [6, 6.07) is 0.480. The van der Waals surface area contributed by atoms with Gasteiger partial charge in [-0.3, -0.25) is 5.10 Å². The van der Waals surface area contributed by atoms with E-state index in [0.29, 0.717) is 6.04 Å². The van der Waals surface area contributed by atoms with Crippen LogP contribution in [0, 0.1) is 0 Å². The Hall–Kier alpha value is -0.830. The van der Waals surface area contributed by atoms with E-state index in [-0.39, 0.29) is 5.54 Å². The lowest BCUT2D eigenvalue weighted by atomic mass is 9.92. The van der Waals surface area contributed by atoms with E-state index in [1.807, 2.05) is 0 Å². The van der Waals surface area contributed by atoms with Gasteiger partial charge in [-0.05, 0) is 45.4 Å². The first-order valence-electron chi connectivity index (χ1n) is 7.35. The standard InChI is InChI=1S/C15H25N3/c1-9(2)16-15(3,4)14-12(10-5-6-10)13(17-18-14)11-7-8-11/h9-11,16H,5-8H2,1-4H3,(H,17,18). The van der Waals surface area contributed by atoms with Crippen LogP contribution in [0.3, 0.4) is 0 Å². The van der Waals surface area contributed by atoms with Crippen LogP contribution in [0.5, 0.6) is 0 Å². The SMILES string of the molecule is CC(C)NC(C)(C)c1n[nH]c(C2CC2)c1C1CC1. The Bertz CT molecular complexity index is 437. The number of aromatic amines is 1. The van der Waals surface area contributed by atoms with Gasteiger partial charge in [0.15, 0.2) is 0 Å². The fraction of sp³-hybridized carbons (Fsp3) is 0.800. The van der Waals surface area contributed by atoms with Gasteiger partial charge in [0.1, 0.15) is 0 Å². The molecular formula is C15H25N3. The summed E-state index contributed by atoms with van der Waals surface area (Å²) in [5.74, 6) is 1.55. The van der Waals surface area contributed by atoms with Crippen molar-refractivity contribution in [2.75, 3.05) is 0 Å². The number of aromatic nitrogens is 2. The molecule has 0 atom stereocenters. The minimum absolute atomic E-state index is 0.0320. The minimum atomic E-state index is -0.0320. The predicted octanol–water partition coefficient (Wildman–Crippen LogP) is 3.40. The fourth-order valence-corrected chi connectivity index (χ4v) is 3.10. The smallest absolute Gasteiger partial charge is 0.0854 e. The van der Waals surface area contributed by atoms with E-state index in [0.717, 1.165) is 11.8 Å². The molecule has 2 N–H and O–H groups in total. The molecule has 1 aromatic rings. The van der Waals surface area contributed by atoms with Gasteiger partial charge in [-0.1, -0.05) is 13.8 Å². The van der Waals surface area contributed by atoms with Gasteiger partial charge in [-0.2, -0.15) is 5.10 Å². The van der Waals surface area contributed by atoms with Crippen molar-refractivity contribution in [1.29, 1.82) is 0 Å². The largest absolute Gasteiger partial charge is 0.304 e. The zero-order valence-corrected chi connectivity index (χ0v) is 12.0. The Kier molecular flexibility index (Phi) is 2.77. The number of hydrogen-bond donors (Lipinski definition) is 2. The molecule has 1 heterocycles. The van der Waals surface area contributed by atoms with Crippen molar-refractivity contribution in [3.63, 3.8) is 0 Å². The maximum absolute atomic E-state index is 4.68. The average molecular weight is 247 g/mol. The van der Waals surface area contributed by atoms with Crippen LogP contribution in [0.1, 0.15) is 82.2 Å². The third-order valence-corrected chi connectivity index (χ3v) is 4.05. The first-order chi connectivity index (χ1) is 8.49. The van der Waals surface area contributed by atoms with E-state index in [9.17, 15) is 0 Å². The third-order valence-electron chi connectivity index (χ3n) is 4.05. The fourth-order valence-electron chi connectivity index (χ4n) is 3.10. The second-order valence-electron chi connectivity index (χ2n) is 6.87. The molecule has 3 rings (SSSR count). The minimum Gasteiger partial charge on any atom is -0.304 e. The maximum atomic E-state index is 4.68. The zero-order valence-electron chi connectivity index (χ0n) is 12.0. The highest BCUT2D eigenvalue weighted by atomic mass is 15.2. The molecule has 0 saturated heterocycles. The summed E-state index contributed by atoms with van der Waals surface area (Å²) in [4.78, 5) is 0. The van der Waals surface area contributed by atoms with Gasteiger partial charge < -0.3 is 5.32 Å². The topological polar surface area (TPSA) is 40.7 Å². The van der Waals surface area contributed by atoms with Gasteiger partial charge in [0.05, 0.1) is 11.2 Å². The highest BCUT2D eigenvalue weighted by Gasteiger charge is 2.40. The monoisotopic (exact) mass is 247 g/mol. The second-order valence-corrected chi connectivity index (χ2v) is 6.87. The maximum Gasteiger partial charge on any atom is 0.0854 e. The molecule has 0 bridgehead atoms. The summed E-state index contributed by atoms with van der Waals surface area (Å²) in [5.41, 5.74) is 4.23. The highest BCUT2D eigenvalue weighted by molar-refractivity contribution is 5.39. The molecule has 3 nitrogen and oxygen atoms in total. The molecule has 0 unspecified atom stereocenters. The normalized spacial score (nSPS) is 20.7. The Morgan fingerprint density at radius 1 is 1.17 bits per heavy atom. The molecule has 2 aliphatic carbocycles. The molecule has 0 spiro atoms. The lowest BCUT2D eigenvalue weighted by Crippen LogP contribution is -2.42. The summed E-state index contributed by atoms with van der Waals surface area (Å²) >= 11 is 0. The van der Waals surface area contributed by atoms with Gasteiger partial charge >= 0.3 is 0 Å². The van der Waals surface area contributed by atoms with Gasteiger partial charge in [0.2, 0.25) is 0 Å². The summed E-state index contributed by atoms with van der Waals surface area (Å²) in [5, 5.41) is 11.7. The Balaban J connectivity index is 1.95. The molecule has 3 heteroatoms. The van der Waals surface area contributed by atoms with Gasteiger partial charge in [-0.15, -0.1) is 0 Å². The molecule has 0 radical (unpaired) electrons. The van der Waals surface area contributed by atoms with Crippen LogP contribution in [0.25, 0.3) is 0 Å². The molecule has 2 fully saturated rings. The number of nitrogens with zero attached hydrogens (tertiary/aromatic N) is 1. The van der Waals surface area contributed by atoms with Gasteiger partial charge in [0, 0.05) is 23.2 Å². The van der Waals surface area contributed by atoms with E-state index in [4.69, 9.17) is 0 Å². The Labute approximate surface area is 110 Å². The van der Waals surface area contributed by atoms with Crippen molar-refractivity contribution in [3.05, 3.63) is 17.0 Å². The summed E-state index contributed by atoms with van der Waals surface area (Å²) in [6.07, 6.45) is 5.40. The van der Waals surface area contributed by atoms with Crippen molar-refractivity contribution < 1.29 is 0 Å². The Morgan fingerprint density at radius 2 is 1.78 bits per heavy atom. The molecular weight excluding hydrogens is 222 g/mol. The third kappa shape index (κ3) is 2.20. The highest BCUT2D eigenvalue weighted by Crippen LogP contribution is 2.50. The number of H-pyrrole nitrogens is 1. The second kappa shape index (κ2) is 4.09. The van der Waals surface area contributed by atoms with E-state index < -0.39 is 0 Å². The van der Waals surface area contributed by atoms with Crippen molar-refractivity contribution in [3.8, 4) is 0 Å². The molecule has 0 aliphatic heterocycles. The van der Waals surface area contributed by atoms with E-state index in [2.05, 4.69) is 43.2 Å². The van der Waals surface area contributed by atoms with Crippen LogP contribution < -0.4 is 5.32 Å². The van der Waals surface area contributed by atoms with Crippen molar-refractivity contribution >= 4 is 0 Å². The van der Waals surface area contributed by atoms with Crippen LogP contribution >= 0.6 is 0 Å². The van der Waals surface area contributed by atoms with E-state index in [1.54, 1.807) is 5.56 Å². The predicted molar refractivity (Wildman–Crippen MR) is 73.8 cm³/mol. The number of rotatable bonds is 5. The lowest BCUT2D eigenvalue weighted by Gasteiger charge is -2.28. The van der Waals surface area contributed by atoms with Crippen molar-refractivity contribution in [2.24, 2.45) is 0 Å². The first-order valence-corrected chi connectivity index (χ1v) is 7.35. The quantitative estimate of drug-likeness (QED) is 0.837. The lowest BCUT2D eigenvalue weighted by molar-refractivity contribution is 0.354. The Morgan fingerprint density at radius 3 is 2.28 bits per heavy atom. The molecule has 18 heavy (non-hydrogen) atoms. The van der Waals surface area contributed by atoms with E-state index in [1.165, 1.54) is 37.1 Å². The van der Waals surface area contributed by atoms with Crippen molar-refractivity contribution in [2.45, 2.75) is 76.8 Å². The average Bonchev–Trinajstić information content (AvgIpc) is 3.15. The summed E-state index contributed by atoms with van der Waals surface area (Å²) in [6.45, 7) is 8.91. The molecule has 1 aromatic heterocycles. The molecule has 2 aliphatic rings. The molecule has 0 amide bonds. The van der Waals surface area contributed by atoms with Crippen molar-refractivity contribution in [1.82, 2.24) is 15.5 Å². The number of hydrogen-bond acceptors (Lipinski definition) is 2. The van der Waals surface area contributed by atoms with Crippen LogP contribution in [-0.2, 0) is 5.54 Å². The van der Waals surface area contributed by atoms with Crippen LogP contribution in [0.2, 0.25) is 0 Å².